The normalized spacial score (nSPS) is 15.5. The third-order valence-corrected chi connectivity index (χ3v) is 3.44. The molecule has 1 fully saturated rings. The van der Waals surface area contributed by atoms with Gasteiger partial charge in [0.05, 0.1) is 16.6 Å². The number of halogens is 1. The van der Waals surface area contributed by atoms with Crippen LogP contribution in [0.1, 0.15) is 24.8 Å². The Kier molecular flexibility index (Phi) is 3.33. The summed E-state index contributed by atoms with van der Waals surface area (Å²) < 4.78 is 6.72. The van der Waals surface area contributed by atoms with Gasteiger partial charge in [-0.05, 0) is 46.8 Å². The summed E-state index contributed by atoms with van der Waals surface area (Å²) in [5.41, 5.74) is 0.823. The second-order valence-corrected chi connectivity index (χ2v) is 4.72. The lowest BCUT2D eigenvalue weighted by atomic mass is 9.86. The van der Waals surface area contributed by atoms with Crippen molar-refractivity contribution in [2.75, 3.05) is 6.61 Å². The zero-order chi connectivity index (χ0) is 10.7. The first kappa shape index (κ1) is 10.6. The lowest BCUT2D eigenvalue weighted by molar-refractivity contribution is 0.179. The Hall–Kier alpha value is -0.940. The van der Waals surface area contributed by atoms with E-state index in [2.05, 4.69) is 21.9 Å². The van der Waals surface area contributed by atoms with Gasteiger partial charge in [0.25, 0.3) is 0 Å². The van der Waals surface area contributed by atoms with Crippen molar-refractivity contribution in [1.82, 2.24) is 0 Å². The van der Waals surface area contributed by atoms with Crippen LogP contribution in [0.4, 0.5) is 0 Å². The molecule has 15 heavy (non-hydrogen) atoms. The quantitative estimate of drug-likeness (QED) is 0.758. The number of hydrogen-bond acceptors (Lipinski definition) is 1. The van der Waals surface area contributed by atoms with Crippen molar-refractivity contribution in [3.8, 4) is 18.1 Å². The predicted molar refractivity (Wildman–Crippen MR) is 64.9 cm³/mol. The molecular weight excluding hydrogens is 252 g/mol. The van der Waals surface area contributed by atoms with E-state index >= 15 is 0 Å². The molecule has 1 nitrogen and oxygen atoms in total. The molecule has 0 unspecified atom stereocenters. The van der Waals surface area contributed by atoms with E-state index in [9.17, 15) is 0 Å². The molecule has 78 valence electrons. The van der Waals surface area contributed by atoms with Gasteiger partial charge in [0.15, 0.2) is 0 Å². The van der Waals surface area contributed by atoms with Crippen molar-refractivity contribution in [3.05, 3.63) is 28.2 Å². The van der Waals surface area contributed by atoms with Crippen LogP contribution in [0, 0.1) is 18.3 Å². The van der Waals surface area contributed by atoms with Crippen LogP contribution in [-0.2, 0) is 0 Å². The van der Waals surface area contributed by atoms with Crippen molar-refractivity contribution in [2.45, 2.75) is 19.3 Å². The van der Waals surface area contributed by atoms with E-state index < -0.39 is 0 Å². The van der Waals surface area contributed by atoms with E-state index in [1.54, 1.807) is 0 Å². The van der Waals surface area contributed by atoms with Crippen molar-refractivity contribution in [1.29, 1.82) is 0 Å². The molecule has 1 aromatic rings. The summed E-state index contributed by atoms with van der Waals surface area (Å²) >= 11 is 3.46. The fraction of sp³-hybridized carbons (Fsp3) is 0.385. The molecule has 1 aliphatic rings. The zero-order valence-corrected chi connectivity index (χ0v) is 10.1. The number of ether oxygens (including phenoxy) is 1. The molecule has 0 bridgehead atoms. The zero-order valence-electron chi connectivity index (χ0n) is 8.50. The highest BCUT2D eigenvalue weighted by molar-refractivity contribution is 9.10. The second kappa shape index (κ2) is 4.72. The Balaban J connectivity index is 2.08. The molecule has 0 amide bonds. The van der Waals surface area contributed by atoms with Gasteiger partial charge in [-0.25, -0.2) is 0 Å². The molecule has 2 rings (SSSR count). The third-order valence-electron chi connectivity index (χ3n) is 2.81. The largest absolute Gasteiger partial charge is 0.491 e. The van der Waals surface area contributed by atoms with Crippen LogP contribution < -0.4 is 4.74 Å². The SMILES string of the molecule is C#Cc1cccc(Br)c1OCC1CCC1. The molecule has 1 saturated carbocycles. The lowest BCUT2D eigenvalue weighted by Crippen LogP contribution is -2.19. The smallest absolute Gasteiger partial charge is 0.149 e. The molecule has 0 heterocycles. The van der Waals surface area contributed by atoms with Gasteiger partial charge in [-0.15, -0.1) is 6.42 Å². The van der Waals surface area contributed by atoms with Gasteiger partial charge < -0.3 is 4.74 Å². The van der Waals surface area contributed by atoms with Gasteiger partial charge in [0.1, 0.15) is 5.75 Å². The van der Waals surface area contributed by atoms with Crippen LogP contribution in [-0.4, -0.2) is 6.61 Å². The van der Waals surface area contributed by atoms with Crippen molar-refractivity contribution in [3.63, 3.8) is 0 Å². The van der Waals surface area contributed by atoms with Crippen LogP contribution in [0.2, 0.25) is 0 Å². The third kappa shape index (κ3) is 2.35. The van der Waals surface area contributed by atoms with Crippen molar-refractivity contribution < 1.29 is 4.74 Å². The van der Waals surface area contributed by atoms with Gasteiger partial charge in [0.2, 0.25) is 0 Å². The Morgan fingerprint density at radius 1 is 1.47 bits per heavy atom. The van der Waals surface area contributed by atoms with Crippen LogP contribution in [0.25, 0.3) is 0 Å². The molecule has 0 aromatic heterocycles. The Morgan fingerprint density at radius 2 is 2.27 bits per heavy atom. The maximum atomic E-state index is 5.77. The van der Waals surface area contributed by atoms with E-state index in [4.69, 9.17) is 11.2 Å². The summed E-state index contributed by atoms with van der Waals surface area (Å²) in [6.07, 6.45) is 9.34. The molecule has 1 aromatic carbocycles. The molecule has 2 heteroatoms. The van der Waals surface area contributed by atoms with E-state index in [0.29, 0.717) is 0 Å². The van der Waals surface area contributed by atoms with E-state index in [1.807, 2.05) is 18.2 Å². The fourth-order valence-electron chi connectivity index (χ4n) is 1.63. The van der Waals surface area contributed by atoms with E-state index in [-0.39, 0.29) is 0 Å². The summed E-state index contributed by atoms with van der Waals surface area (Å²) in [6, 6.07) is 5.79. The first-order valence-corrected chi connectivity index (χ1v) is 5.98. The number of hydrogen-bond donors (Lipinski definition) is 0. The maximum Gasteiger partial charge on any atom is 0.149 e. The molecule has 0 aliphatic heterocycles. The van der Waals surface area contributed by atoms with Crippen LogP contribution >= 0.6 is 15.9 Å². The number of rotatable bonds is 3. The predicted octanol–water partition coefficient (Wildman–Crippen LogP) is 3.61. The van der Waals surface area contributed by atoms with Gasteiger partial charge >= 0.3 is 0 Å². The summed E-state index contributed by atoms with van der Waals surface area (Å²) in [5.74, 6) is 4.18. The average Bonchev–Trinajstić information content (AvgIpc) is 2.17. The molecule has 0 atom stereocenters. The highest BCUT2D eigenvalue weighted by Crippen LogP contribution is 2.32. The molecular formula is C13H13BrO. The Labute approximate surface area is 99.0 Å². The molecule has 0 spiro atoms. The van der Waals surface area contributed by atoms with Gasteiger partial charge in [-0.1, -0.05) is 18.4 Å². The molecule has 0 saturated heterocycles. The fourth-order valence-corrected chi connectivity index (χ4v) is 2.11. The number of terminal acetylenes is 1. The average molecular weight is 265 g/mol. The van der Waals surface area contributed by atoms with Crippen LogP contribution in [0.5, 0.6) is 5.75 Å². The van der Waals surface area contributed by atoms with Gasteiger partial charge in [0, 0.05) is 0 Å². The summed E-state index contributed by atoms with van der Waals surface area (Å²) in [5, 5.41) is 0. The molecule has 0 radical (unpaired) electrons. The monoisotopic (exact) mass is 264 g/mol. The maximum absolute atomic E-state index is 5.77. The van der Waals surface area contributed by atoms with E-state index in [0.717, 1.165) is 28.3 Å². The summed E-state index contributed by atoms with van der Waals surface area (Å²) in [7, 11) is 0. The first-order valence-electron chi connectivity index (χ1n) is 5.19. The minimum atomic E-state index is 0.725. The Morgan fingerprint density at radius 3 is 2.87 bits per heavy atom. The van der Waals surface area contributed by atoms with E-state index in [1.165, 1.54) is 19.3 Å². The number of para-hydroxylation sites is 1. The van der Waals surface area contributed by atoms with Crippen molar-refractivity contribution >= 4 is 15.9 Å². The van der Waals surface area contributed by atoms with Crippen LogP contribution in [0.3, 0.4) is 0 Å². The van der Waals surface area contributed by atoms with Crippen LogP contribution in [0.15, 0.2) is 22.7 Å². The second-order valence-electron chi connectivity index (χ2n) is 3.87. The Bertz CT molecular complexity index is 388. The van der Waals surface area contributed by atoms with Crippen molar-refractivity contribution in [2.24, 2.45) is 5.92 Å². The lowest BCUT2D eigenvalue weighted by Gasteiger charge is -2.25. The van der Waals surface area contributed by atoms with Gasteiger partial charge in [-0.3, -0.25) is 0 Å². The first-order chi connectivity index (χ1) is 7.31. The highest BCUT2D eigenvalue weighted by atomic mass is 79.9. The van der Waals surface area contributed by atoms with Gasteiger partial charge in [-0.2, -0.15) is 0 Å². The standard InChI is InChI=1S/C13H13BrO/c1-2-11-7-4-8-12(14)13(11)15-9-10-5-3-6-10/h1,4,7-8,10H,3,5-6,9H2. The minimum absolute atomic E-state index is 0.725. The molecule has 0 N–H and O–H groups in total. The highest BCUT2D eigenvalue weighted by Gasteiger charge is 2.18. The summed E-state index contributed by atoms with van der Waals surface area (Å²) in [6.45, 7) is 0.789. The summed E-state index contributed by atoms with van der Waals surface area (Å²) in [4.78, 5) is 0. The minimum Gasteiger partial charge on any atom is -0.491 e. The molecule has 1 aliphatic carbocycles. The number of benzene rings is 1. The topological polar surface area (TPSA) is 9.23 Å².